The summed E-state index contributed by atoms with van der Waals surface area (Å²) in [6.45, 7) is 0.337. The van der Waals surface area contributed by atoms with Gasteiger partial charge in [0.25, 0.3) is 0 Å². The summed E-state index contributed by atoms with van der Waals surface area (Å²) < 4.78 is 0. The maximum Gasteiger partial charge on any atom is 0.317 e. The van der Waals surface area contributed by atoms with Gasteiger partial charge >= 0.3 is 6.03 Å². The molecule has 2 atom stereocenters. The van der Waals surface area contributed by atoms with Crippen molar-refractivity contribution in [2.75, 3.05) is 6.54 Å². The van der Waals surface area contributed by atoms with Crippen LogP contribution in [0.3, 0.4) is 0 Å². The van der Waals surface area contributed by atoms with Gasteiger partial charge in [-0.15, -0.1) is 0 Å². The van der Waals surface area contributed by atoms with Gasteiger partial charge in [-0.1, -0.05) is 30.3 Å². The first-order valence-corrected chi connectivity index (χ1v) is 9.02. The maximum absolute atomic E-state index is 12.8. The number of amides is 2. The summed E-state index contributed by atoms with van der Waals surface area (Å²) >= 11 is 0. The average molecular weight is 340 g/mol. The molecule has 2 aliphatic rings. The van der Waals surface area contributed by atoms with Gasteiger partial charge in [-0.2, -0.15) is 5.10 Å². The molecule has 0 bridgehead atoms. The van der Waals surface area contributed by atoms with E-state index in [-0.39, 0.29) is 18.1 Å². The number of hydrogen-bond acceptors (Lipinski definition) is 3. The number of aliphatic hydroxyl groups is 1. The lowest BCUT2D eigenvalue weighted by atomic mass is 9.94. The van der Waals surface area contributed by atoms with E-state index in [0.29, 0.717) is 6.54 Å². The van der Waals surface area contributed by atoms with Crippen molar-refractivity contribution >= 4 is 6.03 Å². The molecular weight excluding hydrogens is 316 g/mol. The average Bonchev–Trinajstić information content (AvgIpc) is 3.37. The number of nitrogens with one attached hydrogen (secondary N) is 2. The third-order valence-electron chi connectivity index (χ3n) is 5.15. The van der Waals surface area contributed by atoms with Crippen molar-refractivity contribution < 1.29 is 9.90 Å². The second-order valence-electron chi connectivity index (χ2n) is 7.07. The maximum atomic E-state index is 12.8. The summed E-state index contributed by atoms with van der Waals surface area (Å²) in [7, 11) is 0. The fourth-order valence-corrected chi connectivity index (χ4v) is 3.55. The number of hydrogen-bond donors (Lipinski definition) is 3. The molecule has 1 aromatic carbocycles. The smallest absolute Gasteiger partial charge is 0.317 e. The van der Waals surface area contributed by atoms with Crippen LogP contribution in [-0.4, -0.2) is 44.9 Å². The molecule has 0 radical (unpaired) electrons. The highest BCUT2D eigenvalue weighted by atomic mass is 16.3. The quantitative estimate of drug-likeness (QED) is 0.780. The van der Waals surface area contributed by atoms with E-state index < -0.39 is 6.10 Å². The van der Waals surface area contributed by atoms with Gasteiger partial charge < -0.3 is 15.3 Å². The molecule has 6 heteroatoms. The number of aryl methyl sites for hydroxylation is 1. The molecule has 3 N–H and O–H groups in total. The number of aliphatic hydroxyl groups excluding tert-OH is 1. The van der Waals surface area contributed by atoms with Crippen LogP contribution in [0.25, 0.3) is 0 Å². The first kappa shape index (κ1) is 16.1. The minimum Gasteiger partial charge on any atom is -0.387 e. The predicted molar refractivity (Wildman–Crippen MR) is 94.1 cm³/mol. The van der Waals surface area contributed by atoms with E-state index in [2.05, 4.69) is 15.5 Å². The second kappa shape index (κ2) is 6.88. The van der Waals surface area contributed by atoms with Gasteiger partial charge in [0.1, 0.15) is 0 Å². The Bertz CT molecular complexity index is 726. The molecule has 2 amide bonds. The highest BCUT2D eigenvalue weighted by Crippen LogP contribution is 2.29. The van der Waals surface area contributed by atoms with Gasteiger partial charge in [-0.05, 0) is 43.2 Å². The van der Waals surface area contributed by atoms with Gasteiger partial charge in [0.15, 0.2) is 0 Å². The van der Waals surface area contributed by atoms with Crippen molar-refractivity contribution in [1.29, 1.82) is 0 Å². The highest BCUT2D eigenvalue weighted by Gasteiger charge is 2.35. The second-order valence-corrected chi connectivity index (χ2v) is 7.07. The molecule has 6 nitrogen and oxygen atoms in total. The first-order chi connectivity index (χ1) is 12.2. The van der Waals surface area contributed by atoms with Crippen LogP contribution >= 0.6 is 0 Å². The Kier molecular flexibility index (Phi) is 4.44. The molecule has 1 aromatic heterocycles. The summed E-state index contributed by atoms with van der Waals surface area (Å²) in [5.41, 5.74) is 3.23. The lowest BCUT2D eigenvalue weighted by molar-refractivity contribution is 0.116. The molecular formula is C19H24N4O2. The van der Waals surface area contributed by atoms with Gasteiger partial charge in [0.05, 0.1) is 18.8 Å². The fourth-order valence-electron chi connectivity index (χ4n) is 3.55. The van der Waals surface area contributed by atoms with Crippen molar-refractivity contribution in [2.45, 2.75) is 50.3 Å². The number of benzene rings is 1. The summed E-state index contributed by atoms with van der Waals surface area (Å²) in [5, 5.41) is 20.8. The largest absolute Gasteiger partial charge is 0.387 e. The normalized spacial score (nSPS) is 20.6. The Labute approximate surface area is 147 Å². The Morgan fingerprint density at radius 3 is 2.88 bits per heavy atom. The molecule has 1 fully saturated rings. The van der Waals surface area contributed by atoms with E-state index in [0.717, 1.165) is 37.7 Å². The van der Waals surface area contributed by atoms with Crippen molar-refractivity contribution in [1.82, 2.24) is 20.4 Å². The zero-order valence-corrected chi connectivity index (χ0v) is 14.2. The number of aromatic amines is 1. The Morgan fingerprint density at radius 2 is 2.12 bits per heavy atom. The predicted octanol–water partition coefficient (Wildman–Crippen LogP) is 2.17. The molecule has 0 unspecified atom stereocenters. The SMILES string of the molecule is O=C(N[C@@H]1CCc2[nH]ncc2C1)N(C[C@@H](O)c1ccccc1)C1CC1. The zero-order chi connectivity index (χ0) is 17.2. The minimum absolute atomic E-state index is 0.0607. The van der Waals surface area contributed by atoms with Gasteiger partial charge in [0, 0.05) is 17.8 Å². The number of fused-ring (bicyclic) bond motifs is 1. The van der Waals surface area contributed by atoms with Crippen LogP contribution in [0.5, 0.6) is 0 Å². The molecule has 0 saturated heterocycles. The lowest BCUT2D eigenvalue weighted by Crippen LogP contribution is -2.48. The van der Waals surface area contributed by atoms with Crippen molar-refractivity contribution in [3.63, 3.8) is 0 Å². The Hall–Kier alpha value is -2.34. The van der Waals surface area contributed by atoms with Crippen LogP contribution in [-0.2, 0) is 12.8 Å². The molecule has 2 aromatic rings. The number of nitrogens with zero attached hydrogens (tertiary/aromatic N) is 2. The number of rotatable bonds is 5. The lowest BCUT2D eigenvalue weighted by Gasteiger charge is -2.29. The topological polar surface area (TPSA) is 81.2 Å². The standard InChI is InChI=1S/C19H24N4O2/c24-18(13-4-2-1-3-5-13)12-23(16-7-8-16)19(25)21-15-6-9-17-14(10-15)11-20-22-17/h1-5,11,15-16,18,24H,6-10,12H2,(H,20,22)(H,21,25)/t15-,18-/m1/s1. The van der Waals surface area contributed by atoms with E-state index >= 15 is 0 Å². The number of aromatic nitrogens is 2. The van der Waals surface area contributed by atoms with Crippen LogP contribution in [0.1, 0.15) is 42.2 Å². The summed E-state index contributed by atoms with van der Waals surface area (Å²) in [4.78, 5) is 14.6. The Balaban J connectivity index is 1.38. The number of urea groups is 1. The van der Waals surface area contributed by atoms with Gasteiger partial charge in [-0.25, -0.2) is 4.79 Å². The molecule has 0 spiro atoms. The molecule has 4 rings (SSSR count). The molecule has 0 aliphatic heterocycles. The Morgan fingerprint density at radius 1 is 1.32 bits per heavy atom. The fraction of sp³-hybridized carbons (Fsp3) is 0.474. The van der Waals surface area contributed by atoms with Crippen LogP contribution in [0.4, 0.5) is 4.79 Å². The first-order valence-electron chi connectivity index (χ1n) is 9.02. The molecule has 132 valence electrons. The van der Waals surface area contributed by atoms with Crippen LogP contribution in [0.15, 0.2) is 36.5 Å². The molecule has 2 aliphatic carbocycles. The van der Waals surface area contributed by atoms with E-state index in [4.69, 9.17) is 0 Å². The summed E-state index contributed by atoms with van der Waals surface area (Å²) in [5.74, 6) is 0. The van der Waals surface area contributed by atoms with Crippen LogP contribution in [0, 0.1) is 0 Å². The molecule has 25 heavy (non-hydrogen) atoms. The number of carbonyl (C=O) groups excluding carboxylic acids is 1. The molecule has 1 heterocycles. The third kappa shape index (κ3) is 3.69. The van der Waals surface area contributed by atoms with Gasteiger partial charge in [-0.3, -0.25) is 5.10 Å². The van der Waals surface area contributed by atoms with Crippen LogP contribution in [0.2, 0.25) is 0 Å². The van der Waals surface area contributed by atoms with Gasteiger partial charge in [0.2, 0.25) is 0 Å². The summed E-state index contributed by atoms with van der Waals surface area (Å²) in [6, 6.07) is 9.86. The van der Waals surface area contributed by atoms with E-state index in [1.54, 1.807) is 0 Å². The van der Waals surface area contributed by atoms with Crippen LogP contribution < -0.4 is 5.32 Å². The minimum atomic E-state index is -0.653. The van der Waals surface area contributed by atoms with E-state index in [1.165, 1.54) is 11.3 Å². The van der Waals surface area contributed by atoms with E-state index in [1.807, 2.05) is 41.4 Å². The number of carbonyl (C=O) groups is 1. The monoisotopic (exact) mass is 340 g/mol. The molecule has 1 saturated carbocycles. The zero-order valence-electron chi connectivity index (χ0n) is 14.2. The highest BCUT2D eigenvalue weighted by molar-refractivity contribution is 5.75. The van der Waals surface area contributed by atoms with Crippen molar-refractivity contribution in [3.05, 3.63) is 53.3 Å². The third-order valence-corrected chi connectivity index (χ3v) is 5.15. The van der Waals surface area contributed by atoms with Crippen molar-refractivity contribution in [3.8, 4) is 0 Å². The van der Waals surface area contributed by atoms with Crippen molar-refractivity contribution in [2.24, 2.45) is 0 Å². The van der Waals surface area contributed by atoms with E-state index in [9.17, 15) is 9.90 Å². The summed E-state index contributed by atoms with van der Waals surface area (Å²) in [6.07, 6.45) is 5.89. The number of H-pyrrole nitrogens is 1.